The molecule has 5 rings (SSSR count). The number of hydrogen-bond acceptors (Lipinski definition) is 7. The van der Waals surface area contributed by atoms with Crippen LogP contribution in [0.5, 0.6) is 0 Å². The van der Waals surface area contributed by atoms with E-state index in [4.69, 9.17) is 21.7 Å². The molecule has 1 fully saturated rings. The highest BCUT2D eigenvalue weighted by Gasteiger charge is 2.15. The summed E-state index contributed by atoms with van der Waals surface area (Å²) in [4.78, 5) is 16.3. The fourth-order valence-corrected chi connectivity index (χ4v) is 4.63. The lowest BCUT2D eigenvalue weighted by Crippen LogP contribution is -2.43. The molecule has 198 valence electrons. The van der Waals surface area contributed by atoms with Gasteiger partial charge in [-0.3, -0.25) is 9.58 Å². The predicted octanol–water partition coefficient (Wildman–Crippen LogP) is 4.71. The molecule has 2 aromatic heterocycles. The number of aromatic nitrogens is 4. The van der Waals surface area contributed by atoms with E-state index in [9.17, 15) is 0 Å². The van der Waals surface area contributed by atoms with Crippen LogP contribution in [0.4, 0.5) is 11.6 Å². The second kappa shape index (κ2) is 12.0. The van der Waals surface area contributed by atoms with E-state index in [0.717, 1.165) is 74.1 Å². The fraction of sp³-hybridized carbons (Fsp3) is 0.345. The molecule has 0 aliphatic carbocycles. The van der Waals surface area contributed by atoms with Crippen molar-refractivity contribution in [1.82, 2.24) is 34.4 Å². The van der Waals surface area contributed by atoms with E-state index in [2.05, 4.69) is 76.5 Å². The molecule has 4 aromatic rings. The minimum absolute atomic E-state index is 0.546. The molecule has 0 unspecified atom stereocenters. The highest BCUT2D eigenvalue weighted by atomic mass is 35.5. The molecular formula is C29H35ClN8. The fourth-order valence-electron chi connectivity index (χ4n) is 4.51. The summed E-state index contributed by atoms with van der Waals surface area (Å²) in [6.07, 6.45) is 1.77. The average molecular weight is 531 g/mol. The molecule has 1 aliphatic heterocycles. The maximum absolute atomic E-state index is 6.13. The zero-order valence-electron chi connectivity index (χ0n) is 22.3. The molecule has 0 amide bonds. The molecule has 1 saturated heterocycles. The van der Waals surface area contributed by atoms with Gasteiger partial charge >= 0.3 is 0 Å². The first-order valence-corrected chi connectivity index (χ1v) is 13.4. The van der Waals surface area contributed by atoms with Gasteiger partial charge in [0, 0.05) is 56.2 Å². The monoisotopic (exact) mass is 530 g/mol. The number of benzene rings is 2. The number of piperazine rings is 1. The SMILES string of the molecule is CN(C)CCn1nc(-c2ccnc(Nc3ccc(CN4CCN(C)CC4)cc3)n2)cc1-c1ccc(Cl)cc1. The lowest BCUT2D eigenvalue weighted by atomic mass is 10.1. The summed E-state index contributed by atoms with van der Waals surface area (Å²) in [5.74, 6) is 0.546. The number of hydrogen-bond donors (Lipinski definition) is 1. The van der Waals surface area contributed by atoms with Crippen molar-refractivity contribution in [2.75, 3.05) is 59.2 Å². The molecule has 38 heavy (non-hydrogen) atoms. The molecule has 0 radical (unpaired) electrons. The molecular weight excluding hydrogens is 496 g/mol. The summed E-state index contributed by atoms with van der Waals surface area (Å²) in [5.41, 5.74) is 5.95. The van der Waals surface area contributed by atoms with Crippen molar-refractivity contribution in [3.63, 3.8) is 0 Å². The molecule has 1 N–H and O–H groups in total. The van der Waals surface area contributed by atoms with E-state index in [1.54, 1.807) is 6.20 Å². The first-order valence-electron chi connectivity index (χ1n) is 13.0. The van der Waals surface area contributed by atoms with Crippen molar-refractivity contribution >= 4 is 23.2 Å². The van der Waals surface area contributed by atoms with E-state index < -0.39 is 0 Å². The van der Waals surface area contributed by atoms with Gasteiger partial charge in [0.2, 0.25) is 5.95 Å². The number of rotatable bonds is 9. The summed E-state index contributed by atoms with van der Waals surface area (Å²) in [6.45, 7) is 7.10. The molecule has 0 bridgehead atoms. The topological polar surface area (TPSA) is 65.4 Å². The molecule has 8 nitrogen and oxygen atoms in total. The van der Waals surface area contributed by atoms with Gasteiger partial charge in [-0.25, -0.2) is 9.97 Å². The summed E-state index contributed by atoms with van der Waals surface area (Å²) >= 11 is 6.13. The van der Waals surface area contributed by atoms with Crippen LogP contribution in [0.25, 0.3) is 22.6 Å². The van der Waals surface area contributed by atoms with Crippen LogP contribution in [0.3, 0.4) is 0 Å². The quantitative estimate of drug-likeness (QED) is 0.336. The van der Waals surface area contributed by atoms with E-state index in [-0.39, 0.29) is 0 Å². The smallest absolute Gasteiger partial charge is 0.227 e. The second-order valence-electron chi connectivity index (χ2n) is 10.1. The minimum Gasteiger partial charge on any atom is -0.324 e. The van der Waals surface area contributed by atoms with E-state index >= 15 is 0 Å². The van der Waals surface area contributed by atoms with E-state index in [1.165, 1.54) is 5.56 Å². The molecule has 0 spiro atoms. The van der Waals surface area contributed by atoms with Crippen molar-refractivity contribution in [2.24, 2.45) is 0 Å². The van der Waals surface area contributed by atoms with Gasteiger partial charge in [-0.2, -0.15) is 5.10 Å². The van der Waals surface area contributed by atoms with Crippen molar-refractivity contribution < 1.29 is 0 Å². The largest absolute Gasteiger partial charge is 0.324 e. The van der Waals surface area contributed by atoms with E-state index in [1.807, 2.05) is 35.0 Å². The molecule has 3 heterocycles. The van der Waals surface area contributed by atoms with Crippen LogP contribution in [0.1, 0.15) is 5.56 Å². The number of nitrogens with zero attached hydrogens (tertiary/aromatic N) is 7. The Hall–Kier alpha value is -3.30. The first-order chi connectivity index (χ1) is 18.4. The Morgan fingerprint density at radius 3 is 2.37 bits per heavy atom. The van der Waals surface area contributed by atoms with Crippen LogP contribution in [0.15, 0.2) is 66.9 Å². The van der Waals surface area contributed by atoms with Crippen molar-refractivity contribution in [2.45, 2.75) is 13.1 Å². The molecule has 0 atom stereocenters. The summed E-state index contributed by atoms with van der Waals surface area (Å²) in [6, 6.07) is 20.4. The normalized spacial score (nSPS) is 14.8. The second-order valence-corrected chi connectivity index (χ2v) is 10.6. The summed E-state index contributed by atoms with van der Waals surface area (Å²) in [7, 11) is 6.31. The van der Waals surface area contributed by atoms with Crippen LogP contribution in [-0.4, -0.2) is 88.3 Å². The molecule has 2 aromatic carbocycles. The van der Waals surface area contributed by atoms with Crippen molar-refractivity contribution in [3.8, 4) is 22.6 Å². The van der Waals surface area contributed by atoms with Gasteiger partial charge in [-0.1, -0.05) is 35.9 Å². The molecule has 0 saturated carbocycles. The Kier molecular flexibility index (Phi) is 8.34. The molecule has 1 aliphatic rings. The highest BCUT2D eigenvalue weighted by molar-refractivity contribution is 6.30. The van der Waals surface area contributed by atoms with Gasteiger partial charge in [0.1, 0.15) is 5.69 Å². The highest BCUT2D eigenvalue weighted by Crippen LogP contribution is 2.27. The van der Waals surface area contributed by atoms with E-state index in [0.29, 0.717) is 11.0 Å². The van der Waals surface area contributed by atoms with Crippen molar-refractivity contribution in [1.29, 1.82) is 0 Å². The van der Waals surface area contributed by atoms with Gasteiger partial charge < -0.3 is 15.1 Å². The van der Waals surface area contributed by atoms with Crippen LogP contribution >= 0.6 is 11.6 Å². The predicted molar refractivity (Wildman–Crippen MR) is 155 cm³/mol. The van der Waals surface area contributed by atoms with Gasteiger partial charge in [0.15, 0.2) is 0 Å². The Morgan fingerprint density at radius 1 is 0.921 bits per heavy atom. The maximum Gasteiger partial charge on any atom is 0.227 e. The third-order valence-corrected chi connectivity index (χ3v) is 7.06. The standard InChI is InChI=1S/C29H35ClN8/c1-35(2)14-19-38-28(23-6-8-24(30)9-7-23)20-27(34-38)26-12-13-31-29(33-26)32-25-10-4-22(5-11-25)21-37-17-15-36(3)16-18-37/h4-13,20H,14-19,21H2,1-3H3,(H,31,32,33). The van der Waals surface area contributed by atoms with Crippen LogP contribution in [0, 0.1) is 0 Å². The third kappa shape index (κ3) is 6.76. The van der Waals surface area contributed by atoms with Gasteiger partial charge in [0.05, 0.1) is 17.9 Å². The zero-order valence-corrected chi connectivity index (χ0v) is 23.1. The van der Waals surface area contributed by atoms with Crippen LogP contribution in [-0.2, 0) is 13.1 Å². The summed E-state index contributed by atoms with van der Waals surface area (Å²) < 4.78 is 2.03. The number of nitrogens with one attached hydrogen (secondary N) is 1. The number of likely N-dealkylation sites (N-methyl/N-ethyl adjacent to an activating group) is 2. The van der Waals surface area contributed by atoms with Crippen molar-refractivity contribution in [3.05, 3.63) is 77.4 Å². The Labute approximate surface area is 229 Å². The number of halogens is 1. The third-order valence-electron chi connectivity index (χ3n) is 6.81. The van der Waals surface area contributed by atoms with Gasteiger partial charge in [-0.15, -0.1) is 0 Å². The van der Waals surface area contributed by atoms with Gasteiger partial charge in [0.25, 0.3) is 0 Å². The lowest BCUT2D eigenvalue weighted by molar-refractivity contribution is 0.148. The van der Waals surface area contributed by atoms with Crippen LogP contribution in [0.2, 0.25) is 5.02 Å². The lowest BCUT2D eigenvalue weighted by Gasteiger charge is -2.32. The summed E-state index contributed by atoms with van der Waals surface area (Å²) in [5, 5.41) is 8.97. The number of anilines is 2. The minimum atomic E-state index is 0.546. The maximum atomic E-state index is 6.13. The first kappa shape index (κ1) is 26.3. The van der Waals surface area contributed by atoms with Crippen LogP contribution < -0.4 is 5.32 Å². The zero-order chi connectivity index (χ0) is 26.5. The Bertz CT molecular complexity index is 1330. The van der Waals surface area contributed by atoms with Gasteiger partial charge in [-0.05, 0) is 68.7 Å². The Balaban J connectivity index is 1.31. The average Bonchev–Trinajstić information content (AvgIpc) is 3.35. The Morgan fingerprint density at radius 2 is 1.66 bits per heavy atom. The molecule has 9 heteroatoms.